The molecule has 1 aliphatic carbocycles. The van der Waals surface area contributed by atoms with Crippen LogP contribution >= 0.6 is 11.3 Å². The van der Waals surface area contributed by atoms with Gasteiger partial charge in [-0.25, -0.2) is 4.98 Å². The van der Waals surface area contributed by atoms with Crippen molar-refractivity contribution in [1.82, 2.24) is 9.88 Å². The van der Waals surface area contributed by atoms with Crippen LogP contribution in [-0.2, 0) is 28.9 Å². The first-order chi connectivity index (χ1) is 13.6. The molecule has 1 saturated heterocycles. The van der Waals surface area contributed by atoms with Gasteiger partial charge in [0.25, 0.3) is 0 Å². The third-order valence-corrected chi connectivity index (χ3v) is 6.58. The first kappa shape index (κ1) is 19.6. The Labute approximate surface area is 171 Å². The summed E-state index contributed by atoms with van der Waals surface area (Å²) in [5.74, 6) is 0.122. The third kappa shape index (κ3) is 4.62. The number of aryl methyl sites for hydroxylation is 2. The van der Waals surface area contributed by atoms with Crippen LogP contribution in [0.4, 0.5) is 5.13 Å². The van der Waals surface area contributed by atoms with Crippen molar-refractivity contribution in [3.05, 3.63) is 46.5 Å². The van der Waals surface area contributed by atoms with E-state index < -0.39 is 0 Å². The summed E-state index contributed by atoms with van der Waals surface area (Å²) in [6.07, 6.45) is 4.88. The first-order valence-corrected chi connectivity index (χ1v) is 11.1. The highest BCUT2D eigenvalue weighted by atomic mass is 32.1. The van der Waals surface area contributed by atoms with Crippen LogP contribution in [0.25, 0.3) is 0 Å². The lowest BCUT2D eigenvalue weighted by atomic mass is 10.0. The van der Waals surface area contributed by atoms with E-state index in [9.17, 15) is 4.79 Å². The van der Waals surface area contributed by atoms with Crippen LogP contribution in [0.3, 0.4) is 0 Å². The van der Waals surface area contributed by atoms with Crippen LogP contribution in [0.15, 0.2) is 30.3 Å². The second kappa shape index (κ2) is 8.72. The summed E-state index contributed by atoms with van der Waals surface area (Å²) in [4.78, 5) is 23.7. The van der Waals surface area contributed by atoms with E-state index in [1.165, 1.54) is 23.4 Å². The van der Waals surface area contributed by atoms with Crippen molar-refractivity contribution >= 4 is 22.4 Å². The van der Waals surface area contributed by atoms with Crippen molar-refractivity contribution in [3.8, 4) is 0 Å². The van der Waals surface area contributed by atoms with Gasteiger partial charge in [0.2, 0.25) is 5.91 Å². The van der Waals surface area contributed by atoms with Crippen molar-refractivity contribution in [1.29, 1.82) is 0 Å². The molecule has 28 heavy (non-hydrogen) atoms. The van der Waals surface area contributed by atoms with E-state index in [-0.39, 0.29) is 18.1 Å². The van der Waals surface area contributed by atoms with E-state index >= 15 is 0 Å². The third-order valence-electron chi connectivity index (χ3n) is 5.40. The van der Waals surface area contributed by atoms with Crippen molar-refractivity contribution < 1.29 is 9.53 Å². The molecule has 5 nitrogen and oxygen atoms in total. The van der Waals surface area contributed by atoms with E-state index in [1.54, 1.807) is 11.3 Å². The Kier molecular flexibility index (Phi) is 6.09. The fraction of sp³-hybridized carbons (Fsp3) is 0.545. The standard InChI is InChI=1S/C22H29N3O2S/c1-16-12-24(13-17(2)27-16)15-21(26)25(14-18-8-4-3-5-9-18)22-23-19-10-6-7-11-20(19)28-22/h3-5,8-9,16-17H,6-7,10-15H2,1-2H3/t16-,17+. The average molecular weight is 400 g/mol. The number of ether oxygens (including phenoxy) is 1. The van der Waals surface area contributed by atoms with Crippen molar-refractivity contribution in [2.45, 2.75) is 58.3 Å². The molecule has 1 amide bonds. The second-order valence-corrected chi connectivity index (χ2v) is 9.05. The number of hydrogen-bond acceptors (Lipinski definition) is 5. The van der Waals surface area contributed by atoms with Gasteiger partial charge in [-0.05, 0) is 45.1 Å². The second-order valence-electron chi connectivity index (χ2n) is 7.99. The first-order valence-electron chi connectivity index (χ1n) is 10.3. The van der Waals surface area contributed by atoms with Crippen LogP contribution < -0.4 is 4.90 Å². The van der Waals surface area contributed by atoms with E-state index in [2.05, 4.69) is 30.9 Å². The lowest BCUT2D eigenvalue weighted by Crippen LogP contribution is -2.49. The monoisotopic (exact) mass is 399 g/mol. The molecular weight excluding hydrogens is 370 g/mol. The number of thiazole rings is 1. The van der Waals surface area contributed by atoms with Gasteiger partial charge in [-0.1, -0.05) is 30.3 Å². The molecule has 0 unspecified atom stereocenters. The lowest BCUT2D eigenvalue weighted by molar-refractivity contribution is -0.123. The topological polar surface area (TPSA) is 45.7 Å². The Bertz CT molecular complexity index is 774. The summed E-state index contributed by atoms with van der Waals surface area (Å²) in [6.45, 7) is 6.72. The van der Waals surface area contributed by atoms with E-state index in [0.29, 0.717) is 13.1 Å². The van der Waals surface area contributed by atoms with Crippen LogP contribution in [0, 0.1) is 0 Å². The maximum absolute atomic E-state index is 13.4. The normalized spacial score (nSPS) is 22.6. The van der Waals surface area contributed by atoms with Gasteiger partial charge in [-0.15, -0.1) is 11.3 Å². The molecule has 1 aromatic carbocycles. The van der Waals surface area contributed by atoms with Crippen molar-refractivity contribution in [2.75, 3.05) is 24.5 Å². The highest BCUT2D eigenvalue weighted by molar-refractivity contribution is 7.15. The number of rotatable bonds is 5. The fourth-order valence-corrected chi connectivity index (χ4v) is 5.34. The zero-order valence-electron chi connectivity index (χ0n) is 16.8. The molecule has 2 aliphatic rings. The van der Waals surface area contributed by atoms with Crippen LogP contribution in [0.2, 0.25) is 0 Å². The van der Waals surface area contributed by atoms with Gasteiger partial charge in [0, 0.05) is 18.0 Å². The molecule has 0 bridgehead atoms. The Morgan fingerprint density at radius 2 is 1.89 bits per heavy atom. The van der Waals surface area contributed by atoms with Crippen molar-refractivity contribution in [2.24, 2.45) is 0 Å². The molecule has 6 heteroatoms. The number of hydrogen-bond donors (Lipinski definition) is 0. The number of morpholine rings is 1. The highest BCUT2D eigenvalue weighted by Gasteiger charge is 2.28. The number of aromatic nitrogens is 1. The smallest absolute Gasteiger partial charge is 0.243 e. The molecule has 2 heterocycles. The quantitative estimate of drug-likeness (QED) is 0.770. The van der Waals surface area contributed by atoms with Crippen LogP contribution in [0.1, 0.15) is 42.8 Å². The van der Waals surface area contributed by atoms with Crippen molar-refractivity contribution in [3.63, 3.8) is 0 Å². The Hall–Kier alpha value is -1.76. The lowest BCUT2D eigenvalue weighted by Gasteiger charge is -2.35. The summed E-state index contributed by atoms with van der Waals surface area (Å²) >= 11 is 1.70. The van der Waals surface area contributed by atoms with Gasteiger partial charge in [0.15, 0.2) is 5.13 Å². The Morgan fingerprint density at radius 1 is 1.18 bits per heavy atom. The molecule has 4 rings (SSSR count). The summed E-state index contributed by atoms with van der Waals surface area (Å²) in [7, 11) is 0. The molecule has 2 aromatic rings. The minimum atomic E-state index is 0.122. The van der Waals surface area contributed by atoms with Gasteiger partial charge in [-0.2, -0.15) is 0 Å². The molecule has 0 spiro atoms. The molecule has 1 aliphatic heterocycles. The minimum absolute atomic E-state index is 0.122. The summed E-state index contributed by atoms with van der Waals surface area (Å²) < 4.78 is 5.82. The maximum Gasteiger partial charge on any atom is 0.243 e. The number of anilines is 1. The van der Waals surface area contributed by atoms with Crippen LogP contribution in [-0.4, -0.2) is 47.6 Å². The minimum Gasteiger partial charge on any atom is -0.373 e. The number of carbonyl (C=O) groups excluding carboxylic acids is 1. The van der Waals surface area contributed by atoms with Gasteiger partial charge in [0.1, 0.15) is 0 Å². The van der Waals surface area contributed by atoms with E-state index in [4.69, 9.17) is 9.72 Å². The Morgan fingerprint density at radius 3 is 2.61 bits per heavy atom. The van der Waals surface area contributed by atoms with Gasteiger partial charge < -0.3 is 4.74 Å². The number of amides is 1. The fourth-order valence-electron chi connectivity index (χ4n) is 4.17. The maximum atomic E-state index is 13.4. The molecule has 0 saturated carbocycles. The predicted octanol–water partition coefficient (Wildman–Crippen LogP) is 3.66. The average Bonchev–Trinajstić information content (AvgIpc) is 3.09. The van der Waals surface area contributed by atoms with E-state index in [0.717, 1.165) is 36.6 Å². The van der Waals surface area contributed by atoms with E-state index in [1.807, 2.05) is 23.1 Å². The molecule has 150 valence electrons. The molecule has 0 radical (unpaired) electrons. The molecule has 1 fully saturated rings. The molecule has 2 atom stereocenters. The molecule has 0 N–H and O–H groups in total. The summed E-state index contributed by atoms with van der Waals surface area (Å²) in [6, 6.07) is 10.2. The highest BCUT2D eigenvalue weighted by Crippen LogP contribution is 2.32. The van der Waals surface area contributed by atoms with Gasteiger partial charge >= 0.3 is 0 Å². The summed E-state index contributed by atoms with van der Waals surface area (Å²) in [5, 5.41) is 0.857. The largest absolute Gasteiger partial charge is 0.373 e. The zero-order valence-corrected chi connectivity index (χ0v) is 17.6. The van der Waals surface area contributed by atoms with Gasteiger partial charge in [-0.3, -0.25) is 14.6 Å². The number of benzene rings is 1. The number of fused-ring (bicyclic) bond motifs is 1. The number of carbonyl (C=O) groups is 1. The van der Waals surface area contributed by atoms with Crippen LogP contribution in [0.5, 0.6) is 0 Å². The Balaban J connectivity index is 1.55. The summed E-state index contributed by atoms with van der Waals surface area (Å²) in [5.41, 5.74) is 2.33. The SMILES string of the molecule is C[C@@H]1CN(CC(=O)N(Cc2ccccc2)c2nc3c(s2)CCCC3)C[C@H](C)O1. The van der Waals surface area contributed by atoms with Gasteiger partial charge in [0.05, 0.1) is 31.0 Å². The molecule has 1 aromatic heterocycles. The molecular formula is C22H29N3O2S. The zero-order chi connectivity index (χ0) is 19.5. The number of nitrogens with zero attached hydrogens (tertiary/aromatic N) is 3. The predicted molar refractivity (Wildman–Crippen MR) is 113 cm³/mol.